The van der Waals surface area contributed by atoms with E-state index in [9.17, 15) is 0 Å². The van der Waals surface area contributed by atoms with Gasteiger partial charge in [-0.1, -0.05) is 36.4 Å². The largest absolute Gasteiger partial charge is 0.366 e. The molecule has 1 nitrogen and oxygen atoms in total. The topological polar surface area (TPSA) is 3.24 Å². The Kier molecular flexibility index (Phi) is 2.54. The minimum atomic E-state index is 0.663. The molecule has 1 fully saturated rings. The first kappa shape index (κ1) is 10.6. The summed E-state index contributed by atoms with van der Waals surface area (Å²) in [5, 5.41) is 2.73. The summed E-state index contributed by atoms with van der Waals surface area (Å²) in [6.45, 7) is 4.68. The van der Waals surface area contributed by atoms with E-state index in [-0.39, 0.29) is 0 Å². The summed E-state index contributed by atoms with van der Waals surface area (Å²) in [4.78, 5) is 2.59. The molecule has 0 saturated carbocycles. The van der Waals surface area contributed by atoms with E-state index in [4.69, 9.17) is 0 Å². The number of anilines is 1. The lowest BCUT2D eigenvalue weighted by Crippen LogP contribution is -2.32. The predicted octanol–water partition coefficient (Wildman–Crippen LogP) is 4.22. The van der Waals surface area contributed by atoms with Crippen molar-refractivity contribution in [3.63, 3.8) is 0 Å². The van der Waals surface area contributed by atoms with Crippen LogP contribution in [-0.2, 0) is 0 Å². The molecule has 2 aromatic carbocycles. The van der Waals surface area contributed by atoms with Gasteiger partial charge in [-0.3, -0.25) is 0 Å². The molecular weight excluding hydrogens is 206 g/mol. The van der Waals surface area contributed by atoms with Crippen LogP contribution in [0.1, 0.15) is 26.7 Å². The van der Waals surface area contributed by atoms with Gasteiger partial charge in [0.15, 0.2) is 0 Å². The van der Waals surface area contributed by atoms with Crippen LogP contribution in [0.3, 0.4) is 0 Å². The smallest absolute Gasteiger partial charge is 0.0450 e. The van der Waals surface area contributed by atoms with Gasteiger partial charge in [0.05, 0.1) is 0 Å². The molecule has 2 atom stereocenters. The van der Waals surface area contributed by atoms with Crippen molar-refractivity contribution in [3.8, 4) is 0 Å². The predicted molar refractivity (Wildman–Crippen MR) is 74.6 cm³/mol. The van der Waals surface area contributed by atoms with Crippen LogP contribution in [0.4, 0.5) is 5.69 Å². The van der Waals surface area contributed by atoms with Crippen LogP contribution < -0.4 is 4.90 Å². The molecule has 0 bridgehead atoms. The molecule has 2 unspecified atom stereocenters. The highest BCUT2D eigenvalue weighted by Gasteiger charge is 2.28. The summed E-state index contributed by atoms with van der Waals surface area (Å²) in [5.41, 5.74) is 1.40. The van der Waals surface area contributed by atoms with E-state index >= 15 is 0 Å². The molecule has 0 amide bonds. The van der Waals surface area contributed by atoms with Crippen LogP contribution in [0, 0.1) is 0 Å². The van der Waals surface area contributed by atoms with Crippen molar-refractivity contribution in [3.05, 3.63) is 42.5 Å². The van der Waals surface area contributed by atoms with Gasteiger partial charge >= 0.3 is 0 Å². The van der Waals surface area contributed by atoms with Crippen molar-refractivity contribution >= 4 is 16.5 Å². The molecule has 1 saturated heterocycles. The Hall–Kier alpha value is -1.50. The van der Waals surface area contributed by atoms with Gasteiger partial charge in [0.2, 0.25) is 0 Å². The van der Waals surface area contributed by atoms with Gasteiger partial charge in [-0.05, 0) is 38.1 Å². The highest BCUT2D eigenvalue weighted by Crippen LogP contribution is 2.35. The van der Waals surface area contributed by atoms with Crippen molar-refractivity contribution in [1.82, 2.24) is 0 Å². The lowest BCUT2D eigenvalue weighted by molar-refractivity contribution is 0.697. The Bertz CT molecular complexity index is 517. The van der Waals surface area contributed by atoms with Gasteiger partial charge in [0, 0.05) is 23.2 Å². The second-order valence-electron chi connectivity index (χ2n) is 5.18. The normalized spacial score (nSPS) is 24.5. The number of rotatable bonds is 1. The van der Waals surface area contributed by atoms with E-state index in [2.05, 4.69) is 61.2 Å². The fourth-order valence-electron chi connectivity index (χ4n) is 3.10. The third kappa shape index (κ3) is 1.70. The molecule has 17 heavy (non-hydrogen) atoms. The maximum absolute atomic E-state index is 2.59. The van der Waals surface area contributed by atoms with E-state index in [1.807, 2.05) is 0 Å². The molecular formula is C16H19N. The monoisotopic (exact) mass is 225 g/mol. The summed E-state index contributed by atoms with van der Waals surface area (Å²) >= 11 is 0. The minimum Gasteiger partial charge on any atom is -0.366 e. The van der Waals surface area contributed by atoms with Gasteiger partial charge in [-0.25, -0.2) is 0 Å². The SMILES string of the molecule is CC1CCC(C)N1c1cccc2ccccc12. The van der Waals surface area contributed by atoms with Crippen LogP contribution in [-0.4, -0.2) is 12.1 Å². The zero-order chi connectivity index (χ0) is 11.8. The fourth-order valence-corrected chi connectivity index (χ4v) is 3.10. The first-order valence-electron chi connectivity index (χ1n) is 6.53. The summed E-state index contributed by atoms with van der Waals surface area (Å²) in [6.07, 6.45) is 2.62. The lowest BCUT2D eigenvalue weighted by Gasteiger charge is -2.30. The fraction of sp³-hybridized carbons (Fsp3) is 0.375. The van der Waals surface area contributed by atoms with E-state index in [1.54, 1.807) is 0 Å². The molecule has 3 rings (SSSR count). The zero-order valence-corrected chi connectivity index (χ0v) is 10.6. The van der Waals surface area contributed by atoms with Crippen LogP contribution >= 0.6 is 0 Å². The Labute approximate surface area is 103 Å². The molecule has 1 aliphatic rings. The van der Waals surface area contributed by atoms with Crippen molar-refractivity contribution in [2.75, 3.05) is 4.90 Å². The highest BCUT2D eigenvalue weighted by atomic mass is 15.2. The number of hydrogen-bond acceptors (Lipinski definition) is 1. The van der Waals surface area contributed by atoms with E-state index in [0.717, 1.165) is 0 Å². The van der Waals surface area contributed by atoms with Crippen molar-refractivity contribution < 1.29 is 0 Å². The Balaban J connectivity index is 2.17. The molecule has 0 aliphatic carbocycles. The van der Waals surface area contributed by atoms with Crippen molar-refractivity contribution in [2.45, 2.75) is 38.8 Å². The first-order chi connectivity index (χ1) is 8.27. The van der Waals surface area contributed by atoms with Gasteiger partial charge in [-0.2, -0.15) is 0 Å². The van der Waals surface area contributed by atoms with Gasteiger partial charge in [-0.15, -0.1) is 0 Å². The number of nitrogens with zero attached hydrogens (tertiary/aromatic N) is 1. The molecule has 1 aliphatic heterocycles. The molecule has 0 spiro atoms. The Morgan fingerprint density at radius 1 is 0.882 bits per heavy atom. The van der Waals surface area contributed by atoms with Crippen LogP contribution in [0.2, 0.25) is 0 Å². The van der Waals surface area contributed by atoms with Gasteiger partial charge < -0.3 is 4.90 Å². The molecule has 0 radical (unpaired) electrons. The van der Waals surface area contributed by atoms with Crippen molar-refractivity contribution in [1.29, 1.82) is 0 Å². The first-order valence-corrected chi connectivity index (χ1v) is 6.53. The second-order valence-corrected chi connectivity index (χ2v) is 5.18. The molecule has 1 heteroatoms. The standard InChI is InChI=1S/C16H19N/c1-12-10-11-13(2)17(12)16-9-5-7-14-6-3-4-8-15(14)16/h3-9,12-13H,10-11H2,1-2H3. The summed E-state index contributed by atoms with van der Waals surface area (Å²) < 4.78 is 0. The quantitative estimate of drug-likeness (QED) is 0.702. The van der Waals surface area contributed by atoms with Gasteiger partial charge in [0.1, 0.15) is 0 Å². The van der Waals surface area contributed by atoms with Crippen LogP contribution in [0.5, 0.6) is 0 Å². The Morgan fingerprint density at radius 2 is 1.53 bits per heavy atom. The second kappa shape index (κ2) is 4.06. The third-order valence-electron chi connectivity index (χ3n) is 4.00. The van der Waals surface area contributed by atoms with Crippen LogP contribution in [0.25, 0.3) is 10.8 Å². The average Bonchev–Trinajstić information content (AvgIpc) is 2.69. The highest BCUT2D eigenvalue weighted by molar-refractivity contribution is 5.94. The van der Waals surface area contributed by atoms with Gasteiger partial charge in [0.25, 0.3) is 0 Å². The molecule has 0 aromatic heterocycles. The Morgan fingerprint density at radius 3 is 2.29 bits per heavy atom. The summed E-state index contributed by atoms with van der Waals surface area (Å²) in [7, 11) is 0. The van der Waals surface area contributed by atoms with E-state index < -0.39 is 0 Å². The number of hydrogen-bond donors (Lipinski definition) is 0. The maximum Gasteiger partial charge on any atom is 0.0450 e. The zero-order valence-electron chi connectivity index (χ0n) is 10.6. The molecule has 88 valence electrons. The summed E-state index contributed by atoms with van der Waals surface area (Å²) in [5.74, 6) is 0. The third-order valence-corrected chi connectivity index (χ3v) is 4.00. The molecule has 1 heterocycles. The number of benzene rings is 2. The van der Waals surface area contributed by atoms with Crippen molar-refractivity contribution in [2.24, 2.45) is 0 Å². The average molecular weight is 225 g/mol. The minimum absolute atomic E-state index is 0.663. The van der Waals surface area contributed by atoms with E-state index in [0.29, 0.717) is 12.1 Å². The molecule has 0 N–H and O–H groups in total. The van der Waals surface area contributed by atoms with E-state index in [1.165, 1.54) is 29.3 Å². The summed E-state index contributed by atoms with van der Waals surface area (Å²) in [6, 6.07) is 16.7. The molecule has 2 aromatic rings. The van der Waals surface area contributed by atoms with Crippen LogP contribution in [0.15, 0.2) is 42.5 Å². The number of fused-ring (bicyclic) bond motifs is 1. The lowest BCUT2D eigenvalue weighted by atomic mass is 10.1. The maximum atomic E-state index is 2.59.